The molecule has 0 aliphatic carbocycles. The molecule has 2 amide bonds. The minimum atomic E-state index is -3.70. The molecule has 1 aliphatic heterocycles. The first-order valence-electron chi connectivity index (χ1n) is 13.4. The SMILES string of the molecule is CCOP(=O)(CC(Cc1ccccc1)NC(=O)c1ccccc1)N[C@H]1CSC[N+](CC(=O)O)(c2ccccc2)C1=O. The van der Waals surface area contributed by atoms with Crippen molar-refractivity contribution >= 4 is 42.8 Å². The van der Waals surface area contributed by atoms with Crippen LogP contribution in [0.15, 0.2) is 91.0 Å². The molecule has 216 valence electrons. The normalized spacial score (nSPS) is 21.0. The van der Waals surface area contributed by atoms with E-state index in [4.69, 9.17) is 4.52 Å². The van der Waals surface area contributed by atoms with E-state index in [2.05, 4.69) is 10.4 Å². The van der Waals surface area contributed by atoms with Gasteiger partial charge in [0.15, 0.2) is 6.54 Å². The van der Waals surface area contributed by atoms with Crippen molar-refractivity contribution in [2.45, 2.75) is 25.4 Å². The number of amides is 2. The molecule has 41 heavy (non-hydrogen) atoms. The highest BCUT2D eigenvalue weighted by Gasteiger charge is 2.50. The van der Waals surface area contributed by atoms with Gasteiger partial charge in [-0.15, -0.1) is 0 Å². The van der Waals surface area contributed by atoms with Crippen LogP contribution >= 0.6 is 19.3 Å². The van der Waals surface area contributed by atoms with E-state index in [-0.39, 0.29) is 30.5 Å². The number of hydrogen-bond donors (Lipinski definition) is 3. The summed E-state index contributed by atoms with van der Waals surface area (Å²) in [5.41, 5.74) is 1.98. The standard InChI is InChI=1S/C30H34N3O6PS/c1-2-39-40(38,20-25(18-23-12-6-3-7-13-23)31-29(36)24-14-8-4-9-15-24)32-27-21-41-22-33(30(27)37,19-28(34)35)26-16-10-5-11-17-26/h3-17,25,27H,2,18-22H2,1H3,(H2-,31,32,34,35,36,38)/p+1/t25?,27-,33?,40?/m0/s1. The Hall–Kier alpha value is -3.27. The lowest BCUT2D eigenvalue weighted by molar-refractivity contribution is -0.143. The number of carboxylic acid groups (broad SMARTS) is 1. The predicted octanol–water partition coefficient (Wildman–Crippen LogP) is 4.54. The second kappa shape index (κ2) is 14.1. The molecule has 1 saturated heterocycles. The van der Waals surface area contributed by atoms with Crippen LogP contribution in [-0.4, -0.2) is 65.9 Å². The number of thioether (sulfide) groups is 1. The quantitative estimate of drug-likeness (QED) is 0.194. The molecule has 0 bridgehead atoms. The van der Waals surface area contributed by atoms with E-state index in [1.165, 1.54) is 11.8 Å². The van der Waals surface area contributed by atoms with E-state index >= 15 is 0 Å². The molecule has 0 spiro atoms. The largest absolute Gasteiger partial charge is 0.477 e. The Morgan fingerprint density at radius 1 is 1.02 bits per heavy atom. The minimum absolute atomic E-state index is 0.0625. The van der Waals surface area contributed by atoms with Gasteiger partial charge in [-0.3, -0.25) is 9.36 Å². The zero-order valence-corrected chi connectivity index (χ0v) is 24.6. The maximum atomic E-state index is 14.3. The number of aliphatic carboxylic acids is 1. The number of benzene rings is 3. The maximum Gasteiger partial charge on any atom is 0.360 e. The number of nitrogens with one attached hydrogen (secondary N) is 2. The fraction of sp³-hybridized carbons (Fsp3) is 0.300. The first-order chi connectivity index (χ1) is 19.7. The van der Waals surface area contributed by atoms with E-state index in [1.807, 2.05) is 36.4 Å². The molecular weight excluding hydrogens is 561 g/mol. The number of carboxylic acids is 1. The number of nitrogens with zero attached hydrogens (tertiary/aromatic N) is 1. The van der Waals surface area contributed by atoms with Gasteiger partial charge in [0.1, 0.15) is 17.6 Å². The van der Waals surface area contributed by atoms with E-state index in [1.54, 1.807) is 61.5 Å². The van der Waals surface area contributed by atoms with E-state index < -0.39 is 36.6 Å². The van der Waals surface area contributed by atoms with Crippen molar-refractivity contribution in [3.8, 4) is 0 Å². The number of quaternary nitrogens is 1. The summed E-state index contributed by atoms with van der Waals surface area (Å²) < 4.78 is 19.7. The second-order valence-electron chi connectivity index (χ2n) is 9.87. The maximum absolute atomic E-state index is 14.3. The van der Waals surface area contributed by atoms with Crippen molar-refractivity contribution < 1.29 is 28.6 Å². The lowest BCUT2D eigenvalue weighted by atomic mass is 10.1. The van der Waals surface area contributed by atoms with Crippen LogP contribution in [0, 0.1) is 0 Å². The van der Waals surface area contributed by atoms with Crippen LogP contribution in [0.1, 0.15) is 22.8 Å². The lowest BCUT2D eigenvalue weighted by Crippen LogP contribution is -2.65. The molecule has 1 aliphatic rings. The molecule has 3 N–H and O–H groups in total. The summed E-state index contributed by atoms with van der Waals surface area (Å²) in [6, 6.07) is 25.6. The first kappa shape index (κ1) is 30.7. The second-order valence-corrected chi connectivity index (χ2v) is 13.1. The van der Waals surface area contributed by atoms with Crippen LogP contribution in [0.4, 0.5) is 5.69 Å². The van der Waals surface area contributed by atoms with Crippen molar-refractivity contribution in [3.05, 3.63) is 102 Å². The highest BCUT2D eigenvalue weighted by Crippen LogP contribution is 2.45. The zero-order valence-electron chi connectivity index (χ0n) is 22.8. The molecule has 11 heteroatoms. The Balaban J connectivity index is 1.60. The molecular formula is C30H35N3O6PS+. The number of carbonyl (C=O) groups excluding carboxylic acids is 2. The van der Waals surface area contributed by atoms with Crippen LogP contribution < -0.4 is 14.9 Å². The summed E-state index contributed by atoms with van der Waals surface area (Å²) in [7, 11) is -3.70. The van der Waals surface area contributed by atoms with Crippen LogP contribution in [0.2, 0.25) is 0 Å². The third-order valence-electron chi connectivity index (χ3n) is 6.82. The number of carbonyl (C=O) groups is 3. The van der Waals surface area contributed by atoms with Crippen LogP contribution in [0.5, 0.6) is 0 Å². The summed E-state index contributed by atoms with van der Waals surface area (Å²) in [5.74, 6) is -1.24. The molecule has 0 saturated carbocycles. The van der Waals surface area contributed by atoms with Crippen LogP contribution in [0.25, 0.3) is 0 Å². The van der Waals surface area contributed by atoms with Gasteiger partial charge in [-0.05, 0) is 43.2 Å². The molecule has 1 heterocycles. The Morgan fingerprint density at radius 3 is 2.24 bits per heavy atom. The van der Waals surface area contributed by atoms with Gasteiger partial charge in [0.05, 0.1) is 12.8 Å². The summed E-state index contributed by atoms with van der Waals surface area (Å²) in [5, 5.41) is 15.8. The first-order valence-corrected chi connectivity index (χ1v) is 16.4. The molecule has 1 fully saturated rings. The fourth-order valence-corrected chi connectivity index (χ4v) is 8.56. The molecule has 9 nitrogen and oxygen atoms in total. The Kier molecular flexibility index (Phi) is 10.5. The topological polar surface area (TPSA) is 122 Å². The van der Waals surface area contributed by atoms with Gasteiger partial charge in [-0.2, -0.15) is 0 Å². The Bertz CT molecular complexity index is 1380. The van der Waals surface area contributed by atoms with E-state index in [0.29, 0.717) is 23.4 Å². The van der Waals surface area contributed by atoms with Crippen molar-refractivity contribution in [1.29, 1.82) is 0 Å². The fourth-order valence-electron chi connectivity index (χ4n) is 5.01. The zero-order chi connectivity index (χ0) is 29.3. The number of hydrogen-bond acceptors (Lipinski definition) is 6. The molecule has 4 atom stereocenters. The van der Waals surface area contributed by atoms with Gasteiger partial charge in [0.25, 0.3) is 13.4 Å². The van der Waals surface area contributed by atoms with Crippen molar-refractivity contribution in [2.24, 2.45) is 0 Å². The highest BCUT2D eigenvalue weighted by molar-refractivity contribution is 7.99. The predicted molar refractivity (Wildman–Crippen MR) is 162 cm³/mol. The smallest absolute Gasteiger partial charge is 0.360 e. The molecule has 0 aromatic heterocycles. The molecule has 3 unspecified atom stereocenters. The Morgan fingerprint density at radius 2 is 1.63 bits per heavy atom. The third kappa shape index (κ3) is 7.93. The summed E-state index contributed by atoms with van der Waals surface area (Å²) in [6.45, 7) is 1.41. The lowest BCUT2D eigenvalue weighted by Gasteiger charge is -2.40. The highest BCUT2D eigenvalue weighted by atomic mass is 32.2. The van der Waals surface area contributed by atoms with Gasteiger partial charge >= 0.3 is 11.9 Å². The number of para-hydroxylation sites is 1. The third-order valence-corrected chi connectivity index (χ3v) is 10.3. The summed E-state index contributed by atoms with van der Waals surface area (Å²) in [4.78, 5) is 39.0. The molecule has 3 aromatic rings. The summed E-state index contributed by atoms with van der Waals surface area (Å²) in [6.07, 6.45) is 0.335. The summed E-state index contributed by atoms with van der Waals surface area (Å²) >= 11 is 1.42. The molecule has 3 aromatic carbocycles. The van der Waals surface area contributed by atoms with Gasteiger partial charge in [0, 0.05) is 17.4 Å². The Labute approximate surface area is 244 Å². The van der Waals surface area contributed by atoms with E-state index in [0.717, 1.165) is 5.56 Å². The van der Waals surface area contributed by atoms with Gasteiger partial charge in [-0.25, -0.2) is 19.2 Å². The minimum Gasteiger partial charge on any atom is -0.477 e. The molecule has 4 rings (SSSR count). The van der Waals surface area contributed by atoms with E-state index in [9.17, 15) is 24.1 Å². The van der Waals surface area contributed by atoms with Crippen LogP contribution in [0.3, 0.4) is 0 Å². The van der Waals surface area contributed by atoms with Gasteiger partial charge < -0.3 is 14.9 Å². The van der Waals surface area contributed by atoms with Gasteiger partial charge in [-0.1, -0.05) is 78.5 Å². The van der Waals surface area contributed by atoms with Crippen molar-refractivity contribution in [3.63, 3.8) is 0 Å². The number of rotatable bonds is 13. The van der Waals surface area contributed by atoms with Crippen molar-refractivity contribution in [2.75, 3.05) is 30.9 Å². The van der Waals surface area contributed by atoms with Gasteiger partial charge in [0.2, 0.25) is 0 Å². The van der Waals surface area contributed by atoms with Crippen LogP contribution in [-0.2, 0) is 25.1 Å². The average Bonchev–Trinajstić information content (AvgIpc) is 2.96. The van der Waals surface area contributed by atoms with Crippen molar-refractivity contribution in [1.82, 2.24) is 14.9 Å². The molecule has 0 radical (unpaired) electrons. The monoisotopic (exact) mass is 596 g/mol. The average molecular weight is 597 g/mol.